The van der Waals surface area contributed by atoms with Gasteiger partial charge in [0.25, 0.3) is 11.8 Å². The summed E-state index contributed by atoms with van der Waals surface area (Å²) in [5.74, 6) is -4.09. The number of aromatic hydroxyl groups is 1. The molecule has 0 spiro atoms. The Morgan fingerprint density at radius 1 is 1.05 bits per heavy atom. The van der Waals surface area contributed by atoms with Crippen LogP contribution in [0.5, 0.6) is 5.75 Å². The van der Waals surface area contributed by atoms with Crippen molar-refractivity contribution in [1.29, 1.82) is 0 Å². The lowest BCUT2D eigenvalue weighted by Gasteiger charge is -2.34. The van der Waals surface area contributed by atoms with Gasteiger partial charge in [-0.05, 0) is 32.2 Å². The number of rotatable bonds is 12. The predicted octanol–water partition coefficient (Wildman–Crippen LogP) is -1.03. The molecule has 0 saturated heterocycles. The van der Waals surface area contributed by atoms with E-state index in [-0.39, 0.29) is 17.7 Å². The fraction of sp³-hybridized carbons (Fsp3) is 0.333. The quantitative estimate of drug-likeness (QED) is 0.0987. The van der Waals surface area contributed by atoms with Crippen LogP contribution in [0, 0.1) is 0 Å². The SMILES string of the molecule is CC(C)(C=O)NC(=O)C(C)(NC(=O)c1ccc2ccccc2c1O)NC(=O)[C@@H](CO)NC(=O)[C@@H](N)Cc1cnc[nH]1. The van der Waals surface area contributed by atoms with E-state index in [9.17, 15) is 34.2 Å². The largest absolute Gasteiger partial charge is 0.506 e. The van der Waals surface area contributed by atoms with Crippen molar-refractivity contribution < 1.29 is 34.2 Å². The van der Waals surface area contributed by atoms with Crippen molar-refractivity contribution in [2.24, 2.45) is 5.73 Å². The molecule has 1 aromatic heterocycles. The van der Waals surface area contributed by atoms with Crippen molar-refractivity contribution >= 4 is 40.7 Å². The van der Waals surface area contributed by atoms with E-state index in [2.05, 4.69) is 31.2 Å². The number of aldehydes is 1. The van der Waals surface area contributed by atoms with Gasteiger partial charge in [-0.1, -0.05) is 30.3 Å². The predicted molar refractivity (Wildman–Crippen MR) is 147 cm³/mol. The third-order valence-electron chi connectivity index (χ3n) is 6.21. The summed E-state index contributed by atoms with van der Waals surface area (Å²) in [5, 5.41) is 31.1. The highest BCUT2D eigenvalue weighted by molar-refractivity contribution is 6.06. The number of amides is 4. The number of aliphatic hydroxyl groups excluding tert-OH is 1. The standard InChI is InChI=1S/C27H33N7O7/c1-26(2,13-36)34-25(41)27(3,32-22(38)18-9-8-15-6-4-5-7-17(15)21(18)37)33-24(40)20(12-35)31-23(39)19(28)10-16-11-29-14-30-16/h4-9,11,13-14,19-20,35,37H,10,12,28H2,1-3H3,(H,29,30)(H,31,39)(H,32,38)(H,33,40)(H,34,41)/t19-,20+,27?/m0/s1. The molecule has 9 N–H and O–H groups in total. The van der Waals surface area contributed by atoms with Crippen LogP contribution in [0.4, 0.5) is 0 Å². The van der Waals surface area contributed by atoms with Crippen molar-refractivity contribution in [2.45, 2.75) is 50.5 Å². The van der Waals surface area contributed by atoms with Gasteiger partial charge in [-0.25, -0.2) is 4.98 Å². The van der Waals surface area contributed by atoms with Crippen molar-refractivity contribution in [2.75, 3.05) is 6.61 Å². The van der Waals surface area contributed by atoms with Crippen LogP contribution in [0.15, 0.2) is 48.9 Å². The molecule has 0 aliphatic heterocycles. The molecule has 0 aliphatic rings. The number of hydrogen-bond donors (Lipinski definition) is 8. The topological polar surface area (TPSA) is 229 Å². The van der Waals surface area contributed by atoms with E-state index in [0.717, 1.165) is 6.92 Å². The number of nitrogens with zero attached hydrogens (tertiary/aromatic N) is 1. The lowest BCUT2D eigenvalue weighted by atomic mass is 10.0. The number of phenolic OH excluding ortho intramolecular Hbond substituents is 1. The van der Waals surface area contributed by atoms with Gasteiger partial charge in [0.15, 0.2) is 5.66 Å². The number of carbonyl (C=O) groups excluding carboxylic acids is 5. The molecular formula is C27H33N7O7. The van der Waals surface area contributed by atoms with Crippen LogP contribution in [0.3, 0.4) is 0 Å². The van der Waals surface area contributed by atoms with Crippen LogP contribution >= 0.6 is 0 Å². The molecule has 0 fully saturated rings. The van der Waals surface area contributed by atoms with Crippen LogP contribution in [0.1, 0.15) is 36.8 Å². The highest BCUT2D eigenvalue weighted by Crippen LogP contribution is 2.28. The first-order valence-corrected chi connectivity index (χ1v) is 12.6. The van der Waals surface area contributed by atoms with Gasteiger partial charge in [0, 0.05) is 23.7 Å². The number of H-pyrrole nitrogens is 1. The van der Waals surface area contributed by atoms with Crippen LogP contribution in [0.2, 0.25) is 0 Å². The minimum Gasteiger partial charge on any atom is -0.506 e. The lowest BCUT2D eigenvalue weighted by molar-refractivity contribution is -0.138. The van der Waals surface area contributed by atoms with Crippen molar-refractivity contribution in [1.82, 2.24) is 31.2 Å². The molecule has 0 saturated carbocycles. The molecule has 3 rings (SSSR count). The van der Waals surface area contributed by atoms with Gasteiger partial charge in [-0.15, -0.1) is 0 Å². The van der Waals surface area contributed by atoms with Gasteiger partial charge in [0.1, 0.15) is 18.1 Å². The van der Waals surface area contributed by atoms with E-state index in [1.54, 1.807) is 30.3 Å². The summed E-state index contributed by atoms with van der Waals surface area (Å²) in [6, 6.07) is 7.05. The van der Waals surface area contributed by atoms with E-state index < -0.39 is 53.5 Å². The Kier molecular flexibility index (Phi) is 9.42. The van der Waals surface area contributed by atoms with Gasteiger partial charge >= 0.3 is 0 Å². The highest BCUT2D eigenvalue weighted by Gasteiger charge is 2.41. The molecule has 218 valence electrons. The summed E-state index contributed by atoms with van der Waals surface area (Å²) >= 11 is 0. The first kappa shape index (κ1) is 30.7. The van der Waals surface area contributed by atoms with Crippen molar-refractivity contribution in [3.63, 3.8) is 0 Å². The second-order valence-electron chi connectivity index (χ2n) is 10.2. The number of aromatic nitrogens is 2. The number of carbonyl (C=O) groups is 5. The maximum absolute atomic E-state index is 13.3. The molecule has 14 nitrogen and oxygen atoms in total. The van der Waals surface area contributed by atoms with Crippen molar-refractivity contribution in [3.05, 3.63) is 60.2 Å². The molecule has 0 aliphatic carbocycles. The van der Waals surface area contributed by atoms with Crippen LogP contribution in [0.25, 0.3) is 10.8 Å². The lowest BCUT2D eigenvalue weighted by Crippen LogP contribution is -2.71. The summed E-state index contributed by atoms with van der Waals surface area (Å²) in [6.07, 6.45) is 3.41. The Labute approximate surface area is 235 Å². The zero-order valence-electron chi connectivity index (χ0n) is 22.7. The fourth-order valence-corrected chi connectivity index (χ4v) is 3.86. The second kappa shape index (κ2) is 12.6. The molecule has 0 radical (unpaired) electrons. The summed E-state index contributed by atoms with van der Waals surface area (Å²) in [4.78, 5) is 70.5. The number of phenols is 1. The number of aromatic amines is 1. The number of imidazole rings is 1. The average molecular weight is 568 g/mol. The zero-order chi connectivity index (χ0) is 30.4. The summed E-state index contributed by atoms with van der Waals surface area (Å²) in [7, 11) is 0. The molecule has 41 heavy (non-hydrogen) atoms. The highest BCUT2D eigenvalue weighted by atomic mass is 16.3. The Morgan fingerprint density at radius 3 is 2.39 bits per heavy atom. The summed E-state index contributed by atoms with van der Waals surface area (Å²) < 4.78 is 0. The average Bonchev–Trinajstić information content (AvgIpc) is 3.44. The molecule has 1 unspecified atom stereocenters. The van der Waals surface area contributed by atoms with Crippen molar-refractivity contribution in [3.8, 4) is 5.75 Å². The Morgan fingerprint density at radius 2 is 1.76 bits per heavy atom. The van der Waals surface area contributed by atoms with Gasteiger partial charge in [0.05, 0.1) is 30.1 Å². The van der Waals surface area contributed by atoms with E-state index in [1.165, 1.54) is 32.4 Å². The van der Waals surface area contributed by atoms with Gasteiger partial charge < -0.3 is 47.0 Å². The second-order valence-corrected chi connectivity index (χ2v) is 10.2. The Hall–Kier alpha value is -4.82. The number of benzene rings is 2. The number of aliphatic hydroxyl groups is 1. The zero-order valence-corrected chi connectivity index (χ0v) is 22.7. The summed E-state index contributed by atoms with van der Waals surface area (Å²) in [6.45, 7) is 3.08. The normalized spacial score (nSPS) is 14.3. The number of nitrogens with one attached hydrogen (secondary N) is 5. The molecule has 3 atom stereocenters. The number of hydrogen-bond acceptors (Lipinski definition) is 9. The third-order valence-corrected chi connectivity index (χ3v) is 6.21. The smallest absolute Gasteiger partial charge is 0.267 e. The Balaban J connectivity index is 1.84. The molecule has 3 aromatic rings. The molecule has 2 aromatic carbocycles. The van der Waals surface area contributed by atoms with Crippen LogP contribution in [-0.4, -0.2) is 80.0 Å². The van der Waals surface area contributed by atoms with E-state index in [4.69, 9.17) is 5.73 Å². The maximum Gasteiger partial charge on any atom is 0.267 e. The monoisotopic (exact) mass is 567 g/mol. The van der Waals surface area contributed by atoms with Crippen LogP contribution in [-0.2, 0) is 25.6 Å². The van der Waals surface area contributed by atoms with Gasteiger partial charge in [-0.2, -0.15) is 0 Å². The van der Waals surface area contributed by atoms with E-state index in [1.807, 2.05) is 0 Å². The number of fused-ring (bicyclic) bond motifs is 1. The van der Waals surface area contributed by atoms with Gasteiger partial charge in [-0.3, -0.25) is 19.2 Å². The minimum atomic E-state index is -2.22. The minimum absolute atomic E-state index is 0.0673. The molecule has 1 heterocycles. The first-order valence-electron chi connectivity index (χ1n) is 12.6. The summed E-state index contributed by atoms with van der Waals surface area (Å²) in [5.41, 5.74) is 2.68. The van der Waals surface area contributed by atoms with Gasteiger partial charge in [0.2, 0.25) is 11.8 Å². The molecule has 14 heteroatoms. The maximum atomic E-state index is 13.3. The fourth-order valence-electron chi connectivity index (χ4n) is 3.86. The third kappa shape index (κ3) is 7.43. The number of nitrogens with two attached hydrogens (primary N) is 1. The molecular weight excluding hydrogens is 534 g/mol. The first-order chi connectivity index (χ1) is 19.3. The molecule has 0 bridgehead atoms. The van der Waals surface area contributed by atoms with E-state index in [0.29, 0.717) is 22.8 Å². The van der Waals surface area contributed by atoms with E-state index >= 15 is 0 Å². The molecule has 4 amide bonds. The van der Waals surface area contributed by atoms with Crippen LogP contribution < -0.4 is 27.0 Å². The Bertz CT molecular complexity index is 1440.